The highest BCUT2D eigenvalue weighted by atomic mass is 32.2. The zero-order valence-electron chi connectivity index (χ0n) is 16.0. The molecule has 1 aromatic heterocycles. The van der Waals surface area contributed by atoms with E-state index in [4.69, 9.17) is 0 Å². The van der Waals surface area contributed by atoms with E-state index in [-0.39, 0.29) is 17.7 Å². The molecule has 0 N–H and O–H groups in total. The second-order valence-electron chi connectivity index (χ2n) is 7.76. The molecular weight excluding hydrogens is 394 g/mol. The molecule has 4 rings (SSSR count). The molecule has 2 saturated heterocycles. The van der Waals surface area contributed by atoms with Gasteiger partial charge in [-0.25, -0.2) is 13.4 Å². The van der Waals surface area contributed by atoms with Gasteiger partial charge in [-0.05, 0) is 37.8 Å². The number of thiazole rings is 1. The van der Waals surface area contributed by atoms with E-state index in [9.17, 15) is 13.2 Å². The summed E-state index contributed by atoms with van der Waals surface area (Å²) in [5, 5.41) is 1.15. The summed E-state index contributed by atoms with van der Waals surface area (Å²) in [5.74, 6) is 0.820. The molecule has 2 aliphatic rings. The monoisotopic (exact) mass is 421 g/mol. The average Bonchev–Trinajstić information content (AvgIpc) is 3.27. The van der Waals surface area contributed by atoms with Gasteiger partial charge in [-0.2, -0.15) is 0 Å². The van der Waals surface area contributed by atoms with Gasteiger partial charge in [0.05, 0.1) is 26.7 Å². The van der Waals surface area contributed by atoms with E-state index >= 15 is 0 Å². The largest absolute Gasteiger partial charge is 0.340 e. The molecule has 0 aliphatic carbocycles. The van der Waals surface area contributed by atoms with Crippen molar-refractivity contribution in [3.8, 4) is 0 Å². The molecule has 1 amide bonds. The molecule has 2 aliphatic heterocycles. The van der Waals surface area contributed by atoms with Gasteiger partial charge < -0.3 is 4.90 Å². The van der Waals surface area contributed by atoms with Crippen molar-refractivity contribution in [1.29, 1.82) is 0 Å². The minimum Gasteiger partial charge on any atom is -0.340 e. The Morgan fingerprint density at radius 3 is 2.64 bits per heavy atom. The standard InChI is InChI=1S/C20H27N3O3S2/c24-20(8-4-3-7-19-21-17-5-1-2-6-18(17)27-19)23-12-10-22(11-13-23)16-9-14-28(25,26)15-16/h1-2,5-6,16H,3-4,7-15H2. The van der Waals surface area contributed by atoms with Gasteiger partial charge >= 0.3 is 0 Å². The number of amides is 1. The smallest absolute Gasteiger partial charge is 0.222 e. The van der Waals surface area contributed by atoms with Crippen LogP contribution in [0.4, 0.5) is 0 Å². The fraction of sp³-hybridized carbons (Fsp3) is 0.600. The minimum atomic E-state index is -2.85. The lowest BCUT2D eigenvalue weighted by atomic mass is 10.1. The Labute approximate surface area is 170 Å². The predicted molar refractivity (Wildman–Crippen MR) is 112 cm³/mol. The number of aromatic nitrogens is 1. The van der Waals surface area contributed by atoms with Crippen molar-refractivity contribution in [2.75, 3.05) is 37.7 Å². The molecule has 152 valence electrons. The number of hydrogen-bond acceptors (Lipinski definition) is 6. The summed E-state index contributed by atoms with van der Waals surface area (Å²) in [4.78, 5) is 21.3. The van der Waals surface area contributed by atoms with E-state index in [1.807, 2.05) is 23.1 Å². The number of sulfone groups is 1. The van der Waals surface area contributed by atoms with Crippen molar-refractivity contribution in [3.63, 3.8) is 0 Å². The number of piperazine rings is 1. The number of nitrogens with zero attached hydrogens (tertiary/aromatic N) is 3. The van der Waals surface area contributed by atoms with Crippen LogP contribution in [0.25, 0.3) is 10.2 Å². The molecule has 0 saturated carbocycles. The molecular formula is C20H27N3O3S2. The SMILES string of the molecule is O=C(CCCCc1nc2ccccc2s1)N1CCN(C2CCS(=O)(=O)C2)CC1. The van der Waals surface area contributed by atoms with Crippen molar-refractivity contribution in [1.82, 2.24) is 14.8 Å². The lowest BCUT2D eigenvalue weighted by Crippen LogP contribution is -2.52. The van der Waals surface area contributed by atoms with E-state index in [0.29, 0.717) is 25.3 Å². The highest BCUT2D eigenvalue weighted by Gasteiger charge is 2.34. The van der Waals surface area contributed by atoms with Crippen LogP contribution in [0.3, 0.4) is 0 Å². The molecule has 28 heavy (non-hydrogen) atoms. The van der Waals surface area contributed by atoms with Gasteiger partial charge in [0.25, 0.3) is 0 Å². The Hall–Kier alpha value is -1.51. The molecule has 6 nitrogen and oxygen atoms in total. The number of rotatable bonds is 6. The normalized spacial score (nSPS) is 22.7. The van der Waals surface area contributed by atoms with Crippen LogP contribution >= 0.6 is 11.3 Å². The van der Waals surface area contributed by atoms with Crippen LogP contribution in [-0.2, 0) is 21.1 Å². The Bertz CT molecular complexity index is 900. The van der Waals surface area contributed by atoms with Crippen LogP contribution in [-0.4, -0.2) is 72.8 Å². The topological polar surface area (TPSA) is 70.6 Å². The van der Waals surface area contributed by atoms with Gasteiger partial charge in [-0.3, -0.25) is 9.69 Å². The first kappa shape index (κ1) is 19.8. The molecule has 1 aromatic carbocycles. The Balaban J connectivity index is 1.17. The van der Waals surface area contributed by atoms with Crippen LogP contribution in [0.2, 0.25) is 0 Å². The highest BCUT2D eigenvalue weighted by Crippen LogP contribution is 2.23. The fourth-order valence-corrected chi connectivity index (χ4v) is 6.91. The van der Waals surface area contributed by atoms with Gasteiger partial charge in [-0.15, -0.1) is 11.3 Å². The molecule has 0 spiro atoms. The molecule has 1 unspecified atom stereocenters. The van der Waals surface area contributed by atoms with E-state index in [2.05, 4.69) is 16.0 Å². The van der Waals surface area contributed by atoms with E-state index in [1.54, 1.807) is 11.3 Å². The number of benzene rings is 1. The number of unbranched alkanes of at least 4 members (excludes halogenated alkanes) is 1. The Morgan fingerprint density at radius 2 is 1.93 bits per heavy atom. The first-order valence-corrected chi connectivity index (χ1v) is 12.7. The van der Waals surface area contributed by atoms with Crippen molar-refractivity contribution in [3.05, 3.63) is 29.3 Å². The molecule has 2 aromatic rings. The van der Waals surface area contributed by atoms with Gasteiger partial charge in [-0.1, -0.05) is 12.1 Å². The molecule has 0 radical (unpaired) electrons. The molecule has 8 heteroatoms. The number of aryl methyl sites for hydroxylation is 1. The third-order valence-electron chi connectivity index (χ3n) is 5.76. The first-order chi connectivity index (χ1) is 13.5. The zero-order chi connectivity index (χ0) is 19.6. The van der Waals surface area contributed by atoms with Crippen molar-refractivity contribution < 1.29 is 13.2 Å². The third-order valence-corrected chi connectivity index (χ3v) is 8.61. The van der Waals surface area contributed by atoms with Gasteiger partial charge in [0.15, 0.2) is 9.84 Å². The maximum atomic E-state index is 12.5. The van der Waals surface area contributed by atoms with E-state index in [1.165, 1.54) is 4.70 Å². The van der Waals surface area contributed by atoms with Crippen LogP contribution < -0.4 is 0 Å². The van der Waals surface area contributed by atoms with Gasteiger partial charge in [0.2, 0.25) is 5.91 Å². The second kappa shape index (κ2) is 8.47. The highest BCUT2D eigenvalue weighted by molar-refractivity contribution is 7.91. The summed E-state index contributed by atoms with van der Waals surface area (Å²) in [7, 11) is -2.85. The van der Waals surface area contributed by atoms with Crippen LogP contribution in [0.15, 0.2) is 24.3 Å². The summed E-state index contributed by atoms with van der Waals surface area (Å²) < 4.78 is 24.5. The van der Waals surface area contributed by atoms with Crippen molar-refractivity contribution in [2.45, 2.75) is 38.1 Å². The van der Waals surface area contributed by atoms with Crippen LogP contribution in [0.5, 0.6) is 0 Å². The van der Waals surface area contributed by atoms with E-state index in [0.717, 1.165) is 49.3 Å². The molecule has 1 atom stereocenters. The first-order valence-electron chi connectivity index (χ1n) is 10.1. The summed E-state index contributed by atoms with van der Waals surface area (Å²) in [5.41, 5.74) is 1.06. The second-order valence-corrected chi connectivity index (χ2v) is 11.1. The van der Waals surface area contributed by atoms with Crippen molar-refractivity contribution >= 4 is 37.3 Å². The fourth-order valence-electron chi connectivity index (χ4n) is 4.14. The summed E-state index contributed by atoms with van der Waals surface area (Å²) in [6, 6.07) is 8.33. The van der Waals surface area contributed by atoms with Crippen LogP contribution in [0, 0.1) is 0 Å². The number of para-hydroxylation sites is 1. The Kier molecular flexibility index (Phi) is 5.99. The molecule has 0 bridgehead atoms. The predicted octanol–water partition coefficient (Wildman–Crippen LogP) is 2.34. The third kappa shape index (κ3) is 4.72. The number of fused-ring (bicyclic) bond motifs is 1. The minimum absolute atomic E-state index is 0.149. The number of carbonyl (C=O) groups excluding carboxylic acids is 1. The summed E-state index contributed by atoms with van der Waals surface area (Å²) >= 11 is 1.74. The van der Waals surface area contributed by atoms with Gasteiger partial charge in [0.1, 0.15) is 0 Å². The quantitative estimate of drug-likeness (QED) is 0.670. The summed E-state index contributed by atoms with van der Waals surface area (Å²) in [6.07, 6.45) is 4.11. The average molecular weight is 422 g/mol. The van der Waals surface area contributed by atoms with Crippen LogP contribution in [0.1, 0.15) is 30.7 Å². The maximum Gasteiger partial charge on any atom is 0.222 e. The molecule has 2 fully saturated rings. The lowest BCUT2D eigenvalue weighted by molar-refractivity contribution is -0.133. The Morgan fingerprint density at radius 1 is 1.14 bits per heavy atom. The number of carbonyl (C=O) groups is 1. The zero-order valence-corrected chi connectivity index (χ0v) is 17.7. The molecule has 3 heterocycles. The maximum absolute atomic E-state index is 12.5. The summed E-state index contributed by atoms with van der Waals surface area (Å²) in [6.45, 7) is 3.01. The van der Waals surface area contributed by atoms with Crippen molar-refractivity contribution in [2.24, 2.45) is 0 Å². The van der Waals surface area contributed by atoms with Gasteiger partial charge in [0, 0.05) is 38.6 Å². The number of hydrogen-bond donors (Lipinski definition) is 0. The lowest BCUT2D eigenvalue weighted by Gasteiger charge is -2.37. The van der Waals surface area contributed by atoms with E-state index < -0.39 is 9.84 Å².